The molecule has 1 aliphatic rings. The maximum atomic E-state index is 11.9. The Balaban J connectivity index is 2.45. The van der Waals surface area contributed by atoms with E-state index in [-0.39, 0.29) is 29.5 Å². The molecule has 1 fully saturated rings. The number of amides is 1. The van der Waals surface area contributed by atoms with Crippen molar-refractivity contribution in [2.45, 2.75) is 39.3 Å². The summed E-state index contributed by atoms with van der Waals surface area (Å²) in [7, 11) is -2.99. The lowest BCUT2D eigenvalue weighted by Crippen LogP contribution is -2.42. The Morgan fingerprint density at radius 1 is 1.47 bits per heavy atom. The molecule has 0 spiro atoms. The Morgan fingerprint density at radius 2 is 2.12 bits per heavy atom. The second kappa shape index (κ2) is 5.82. The molecule has 0 saturated carbocycles. The fourth-order valence-electron chi connectivity index (χ4n) is 1.91. The molecule has 1 amide bonds. The largest absolute Gasteiger partial charge is 0.340 e. The zero-order valence-electron chi connectivity index (χ0n) is 10.8. The standard InChI is InChI=1S/C11H22N2O3S/c1-4-17(15,16)8-7-13-6-5-10(11(13)14)12-9(2)3/h9-10,12H,4-8H2,1-3H3. The number of carbonyl (C=O) groups excluding carboxylic acids is 1. The number of hydrogen-bond donors (Lipinski definition) is 1. The molecule has 0 aromatic rings. The average Bonchev–Trinajstić information content (AvgIpc) is 2.57. The van der Waals surface area contributed by atoms with Crippen LogP contribution in [0.2, 0.25) is 0 Å². The van der Waals surface area contributed by atoms with Crippen molar-refractivity contribution in [2.24, 2.45) is 0 Å². The van der Waals surface area contributed by atoms with Gasteiger partial charge in [-0.15, -0.1) is 0 Å². The normalized spacial score (nSPS) is 21.5. The highest BCUT2D eigenvalue weighted by Crippen LogP contribution is 2.11. The van der Waals surface area contributed by atoms with Crippen molar-refractivity contribution < 1.29 is 13.2 Å². The summed E-state index contributed by atoms with van der Waals surface area (Å²) in [4.78, 5) is 13.6. The van der Waals surface area contributed by atoms with Crippen LogP contribution in [0.4, 0.5) is 0 Å². The van der Waals surface area contributed by atoms with E-state index in [1.165, 1.54) is 0 Å². The summed E-state index contributed by atoms with van der Waals surface area (Å²) in [5.74, 6) is 0.247. The monoisotopic (exact) mass is 262 g/mol. The molecule has 5 nitrogen and oxygen atoms in total. The molecule has 1 atom stereocenters. The summed E-state index contributed by atoms with van der Waals surface area (Å²) in [6, 6.07) is 0.127. The van der Waals surface area contributed by atoms with Crippen LogP contribution in [0.3, 0.4) is 0 Å². The van der Waals surface area contributed by atoms with Crippen LogP contribution in [-0.4, -0.2) is 55.9 Å². The third-order valence-corrected chi connectivity index (χ3v) is 4.63. The quantitative estimate of drug-likeness (QED) is 0.733. The van der Waals surface area contributed by atoms with Gasteiger partial charge in [0.2, 0.25) is 5.91 Å². The molecule has 1 N–H and O–H groups in total. The van der Waals surface area contributed by atoms with E-state index in [1.54, 1.807) is 11.8 Å². The van der Waals surface area contributed by atoms with Gasteiger partial charge < -0.3 is 10.2 Å². The van der Waals surface area contributed by atoms with Crippen molar-refractivity contribution in [3.63, 3.8) is 0 Å². The number of nitrogens with zero attached hydrogens (tertiary/aromatic N) is 1. The second-order valence-electron chi connectivity index (χ2n) is 4.72. The van der Waals surface area contributed by atoms with Crippen molar-refractivity contribution >= 4 is 15.7 Å². The van der Waals surface area contributed by atoms with Crippen LogP contribution in [0.1, 0.15) is 27.2 Å². The van der Waals surface area contributed by atoms with Gasteiger partial charge in [-0.2, -0.15) is 0 Å². The number of likely N-dealkylation sites (tertiary alicyclic amines) is 1. The highest BCUT2D eigenvalue weighted by Gasteiger charge is 2.31. The number of carbonyl (C=O) groups is 1. The van der Waals surface area contributed by atoms with Gasteiger partial charge in [-0.05, 0) is 6.42 Å². The van der Waals surface area contributed by atoms with E-state index in [0.717, 1.165) is 6.42 Å². The summed E-state index contributed by atoms with van der Waals surface area (Å²) in [6.07, 6.45) is 0.767. The topological polar surface area (TPSA) is 66.5 Å². The van der Waals surface area contributed by atoms with Gasteiger partial charge in [0.25, 0.3) is 0 Å². The third-order valence-electron chi connectivity index (χ3n) is 2.94. The molecule has 0 radical (unpaired) electrons. The maximum Gasteiger partial charge on any atom is 0.239 e. The fraction of sp³-hybridized carbons (Fsp3) is 0.909. The summed E-state index contributed by atoms with van der Waals surface area (Å²) < 4.78 is 22.7. The summed E-state index contributed by atoms with van der Waals surface area (Å²) in [5.41, 5.74) is 0. The molecule has 1 saturated heterocycles. The van der Waals surface area contributed by atoms with E-state index in [4.69, 9.17) is 0 Å². The Morgan fingerprint density at radius 3 is 2.65 bits per heavy atom. The molecule has 100 valence electrons. The van der Waals surface area contributed by atoms with Gasteiger partial charge in [0.15, 0.2) is 9.84 Å². The zero-order valence-corrected chi connectivity index (χ0v) is 11.6. The lowest BCUT2D eigenvalue weighted by Gasteiger charge is -2.18. The molecule has 1 rings (SSSR count). The Hall–Kier alpha value is -0.620. The van der Waals surface area contributed by atoms with Crippen molar-refractivity contribution in [3.05, 3.63) is 0 Å². The number of nitrogens with one attached hydrogen (secondary N) is 1. The number of hydrogen-bond acceptors (Lipinski definition) is 4. The van der Waals surface area contributed by atoms with Crippen LogP contribution in [-0.2, 0) is 14.6 Å². The first-order chi connectivity index (χ1) is 7.85. The number of rotatable bonds is 6. The molecule has 6 heteroatoms. The van der Waals surface area contributed by atoms with E-state index >= 15 is 0 Å². The van der Waals surface area contributed by atoms with Crippen molar-refractivity contribution in [2.75, 3.05) is 24.6 Å². The molecular weight excluding hydrogens is 240 g/mol. The van der Waals surface area contributed by atoms with Gasteiger partial charge in [-0.25, -0.2) is 8.42 Å². The minimum atomic E-state index is -2.99. The molecule has 0 bridgehead atoms. The van der Waals surface area contributed by atoms with Gasteiger partial charge in [0, 0.05) is 24.9 Å². The minimum absolute atomic E-state index is 0.0324. The summed E-state index contributed by atoms with van der Waals surface area (Å²) >= 11 is 0. The Kier molecular flexibility index (Phi) is 4.94. The molecular formula is C11H22N2O3S. The lowest BCUT2D eigenvalue weighted by molar-refractivity contribution is -0.129. The summed E-state index contributed by atoms with van der Waals surface area (Å²) in [5, 5.41) is 3.19. The molecule has 0 aromatic heterocycles. The molecule has 1 unspecified atom stereocenters. The molecule has 0 aliphatic carbocycles. The predicted octanol–water partition coefficient (Wildman–Crippen LogP) is 0.0200. The van der Waals surface area contributed by atoms with E-state index < -0.39 is 9.84 Å². The predicted molar refractivity (Wildman–Crippen MR) is 67.6 cm³/mol. The highest BCUT2D eigenvalue weighted by atomic mass is 32.2. The van der Waals surface area contributed by atoms with Gasteiger partial charge in [-0.3, -0.25) is 4.79 Å². The first-order valence-corrected chi connectivity index (χ1v) is 7.93. The van der Waals surface area contributed by atoms with Gasteiger partial charge in [-0.1, -0.05) is 20.8 Å². The lowest BCUT2D eigenvalue weighted by atomic mass is 10.2. The van der Waals surface area contributed by atoms with Gasteiger partial charge in [0.1, 0.15) is 0 Å². The van der Waals surface area contributed by atoms with Crippen LogP contribution in [0.25, 0.3) is 0 Å². The first kappa shape index (κ1) is 14.4. The van der Waals surface area contributed by atoms with Gasteiger partial charge in [0.05, 0.1) is 11.8 Å². The molecule has 17 heavy (non-hydrogen) atoms. The fourth-order valence-corrected chi connectivity index (χ4v) is 2.70. The zero-order chi connectivity index (χ0) is 13.1. The van der Waals surface area contributed by atoms with Crippen LogP contribution < -0.4 is 5.32 Å². The number of sulfone groups is 1. The highest BCUT2D eigenvalue weighted by molar-refractivity contribution is 7.91. The Bertz CT molecular complexity index is 365. The summed E-state index contributed by atoms with van der Waals surface area (Å²) in [6.45, 7) is 6.60. The first-order valence-electron chi connectivity index (χ1n) is 6.11. The van der Waals surface area contributed by atoms with Crippen molar-refractivity contribution in [1.82, 2.24) is 10.2 Å². The van der Waals surface area contributed by atoms with Crippen molar-refractivity contribution in [1.29, 1.82) is 0 Å². The van der Waals surface area contributed by atoms with E-state index in [0.29, 0.717) is 13.1 Å². The molecule has 0 aromatic carbocycles. The van der Waals surface area contributed by atoms with E-state index in [2.05, 4.69) is 5.32 Å². The minimum Gasteiger partial charge on any atom is -0.340 e. The SMILES string of the molecule is CCS(=O)(=O)CCN1CCC(NC(C)C)C1=O. The van der Waals surface area contributed by atoms with Crippen molar-refractivity contribution in [3.8, 4) is 0 Å². The van der Waals surface area contributed by atoms with Crippen LogP contribution >= 0.6 is 0 Å². The third kappa shape index (κ3) is 4.27. The van der Waals surface area contributed by atoms with E-state index in [1.807, 2.05) is 13.8 Å². The average molecular weight is 262 g/mol. The smallest absolute Gasteiger partial charge is 0.239 e. The van der Waals surface area contributed by atoms with Crippen LogP contribution in [0.5, 0.6) is 0 Å². The molecule has 1 aliphatic heterocycles. The molecule has 1 heterocycles. The maximum absolute atomic E-state index is 11.9. The van der Waals surface area contributed by atoms with E-state index in [9.17, 15) is 13.2 Å². The van der Waals surface area contributed by atoms with Crippen LogP contribution in [0, 0.1) is 0 Å². The second-order valence-corrected chi connectivity index (χ2v) is 7.20. The van der Waals surface area contributed by atoms with Crippen LogP contribution in [0.15, 0.2) is 0 Å². The Labute approximate surface area is 103 Å². The van der Waals surface area contributed by atoms with Gasteiger partial charge >= 0.3 is 0 Å².